The summed E-state index contributed by atoms with van der Waals surface area (Å²) in [6.07, 6.45) is 8.43. The van der Waals surface area contributed by atoms with Crippen molar-refractivity contribution in [2.75, 3.05) is 44.3 Å². The van der Waals surface area contributed by atoms with E-state index in [0.717, 1.165) is 31.6 Å². The highest BCUT2D eigenvalue weighted by Crippen LogP contribution is 2.31. The highest BCUT2D eigenvalue weighted by Gasteiger charge is 2.41. The molecule has 3 fully saturated rings. The molecule has 0 unspecified atom stereocenters. The SMILES string of the molecule is O=C(c1ccc(N2CCCCCC2)cn1)N1CCC2(CC1)OCCO2. The summed E-state index contributed by atoms with van der Waals surface area (Å²) in [4.78, 5) is 21.4. The Hall–Kier alpha value is -1.66. The fraction of sp³-hybridized carbons (Fsp3) is 0.684. The summed E-state index contributed by atoms with van der Waals surface area (Å²) in [5.41, 5.74) is 1.66. The molecule has 0 atom stereocenters. The van der Waals surface area contributed by atoms with Crippen molar-refractivity contribution in [1.82, 2.24) is 9.88 Å². The second-order valence-corrected chi connectivity index (χ2v) is 7.20. The lowest BCUT2D eigenvalue weighted by molar-refractivity contribution is -0.181. The predicted molar refractivity (Wildman–Crippen MR) is 94.7 cm³/mol. The quantitative estimate of drug-likeness (QED) is 0.824. The van der Waals surface area contributed by atoms with Crippen LogP contribution in [-0.2, 0) is 9.47 Å². The summed E-state index contributed by atoms with van der Waals surface area (Å²) in [6, 6.07) is 3.91. The molecule has 25 heavy (non-hydrogen) atoms. The molecule has 6 heteroatoms. The molecule has 1 amide bonds. The number of aromatic nitrogens is 1. The first-order valence-corrected chi connectivity index (χ1v) is 9.54. The Labute approximate surface area is 149 Å². The number of amides is 1. The van der Waals surface area contributed by atoms with Gasteiger partial charge in [-0.3, -0.25) is 4.79 Å². The summed E-state index contributed by atoms with van der Waals surface area (Å²) in [7, 11) is 0. The van der Waals surface area contributed by atoms with Gasteiger partial charge in [0, 0.05) is 39.0 Å². The molecule has 0 saturated carbocycles. The fourth-order valence-electron chi connectivity index (χ4n) is 4.03. The van der Waals surface area contributed by atoms with E-state index < -0.39 is 5.79 Å². The molecular weight excluding hydrogens is 318 g/mol. The highest BCUT2D eigenvalue weighted by atomic mass is 16.7. The van der Waals surface area contributed by atoms with E-state index in [2.05, 4.69) is 9.88 Å². The third-order valence-electron chi connectivity index (χ3n) is 5.56. The van der Waals surface area contributed by atoms with Crippen molar-refractivity contribution in [2.45, 2.75) is 44.3 Å². The van der Waals surface area contributed by atoms with Crippen molar-refractivity contribution < 1.29 is 14.3 Å². The third kappa shape index (κ3) is 3.65. The number of nitrogens with zero attached hydrogens (tertiary/aromatic N) is 3. The molecule has 0 aliphatic carbocycles. The minimum atomic E-state index is -0.444. The first kappa shape index (κ1) is 16.8. The van der Waals surface area contributed by atoms with E-state index in [0.29, 0.717) is 32.0 Å². The third-order valence-corrected chi connectivity index (χ3v) is 5.56. The number of piperidine rings is 1. The van der Waals surface area contributed by atoms with Gasteiger partial charge in [-0.2, -0.15) is 0 Å². The summed E-state index contributed by atoms with van der Waals surface area (Å²) < 4.78 is 11.5. The van der Waals surface area contributed by atoms with Crippen LogP contribution in [0.1, 0.15) is 49.0 Å². The molecule has 1 aromatic heterocycles. The number of carbonyl (C=O) groups excluding carboxylic acids is 1. The van der Waals surface area contributed by atoms with E-state index in [9.17, 15) is 4.79 Å². The van der Waals surface area contributed by atoms with Crippen LogP contribution in [0, 0.1) is 0 Å². The van der Waals surface area contributed by atoms with Crippen molar-refractivity contribution in [2.24, 2.45) is 0 Å². The zero-order valence-electron chi connectivity index (χ0n) is 14.8. The first-order chi connectivity index (χ1) is 12.3. The van der Waals surface area contributed by atoms with E-state index in [-0.39, 0.29) is 5.91 Å². The smallest absolute Gasteiger partial charge is 0.272 e. The molecule has 4 rings (SSSR count). The van der Waals surface area contributed by atoms with Gasteiger partial charge in [0.05, 0.1) is 25.1 Å². The Balaban J connectivity index is 1.37. The van der Waals surface area contributed by atoms with E-state index in [1.807, 2.05) is 23.2 Å². The van der Waals surface area contributed by atoms with Gasteiger partial charge in [0.1, 0.15) is 5.69 Å². The fourth-order valence-corrected chi connectivity index (χ4v) is 4.03. The number of likely N-dealkylation sites (tertiary alicyclic amines) is 1. The lowest BCUT2D eigenvalue weighted by Crippen LogP contribution is -2.47. The Morgan fingerprint density at radius 1 is 0.960 bits per heavy atom. The van der Waals surface area contributed by atoms with Gasteiger partial charge in [-0.15, -0.1) is 0 Å². The van der Waals surface area contributed by atoms with E-state index >= 15 is 0 Å². The molecule has 3 aliphatic rings. The van der Waals surface area contributed by atoms with Crippen molar-refractivity contribution in [3.05, 3.63) is 24.0 Å². The van der Waals surface area contributed by atoms with Crippen LogP contribution >= 0.6 is 0 Å². The molecule has 0 bridgehead atoms. The van der Waals surface area contributed by atoms with Gasteiger partial charge in [0.25, 0.3) is 5.91 Å². The summed E-state index contributed by atoms with van der Waals surface area (Å²) in [5, 5.41) is 0. The van der Waals surface area contributed by atoms with Crippen LogP contribution in [-0.4, -0.2) is 61.0 Å². The lowest BCUT2D eigenvalue weighted by atomic mass is 10.0. The van der Waals surface area contributed by atoms with Crippen LogP contribution in [0.4, 0.5) is 5.69 Å². The van der Waals surface area contributed by atoms with Crippen molar-refractivity contribution in [3.8, 4) is 0 Å². The molecule has 0 N–H and O–H groups in total. The molecule has 4 heterocycles. The van der Waals surface area contributed by atoms with E-state index in [1.54, 1.807) is 0 Å². The number of rotatable bonds is 2. The first-order valence-electron chi connectivity index (χ1n) is 9.54. The number of ether oxygens (including phenoxy) is 2. The van der Waals surface area contributed by atoms with Gasteiger partial charge in [-0.25, -0.2) is 4.98 Å². The number of hydrogen-bond acceptors (Lipinski definition) is 5. The largest absolute Gasteiger partial charge is 0.370 e. The maximum absolute atomic E-state index is 12.7. The molecule has 3 saturated heterocycles. The van der Waals surface area contributed by atoms with Gasteiger partial charge in [-0.1, -0.05) is 12.8 Å². The Kier molecular flexibility index (Phi) is 4.90. The molecule has 6 nitrogen and oxygen atoms in total. The molecular formula is C19H27N3O3. The molecule has 136 valence electrons. The summed E-state index contributed by atoms with van der Waals surface area (Å²) in [6.45, 7) is 4.82. The second kappa shape index (κ2) is 7.30. The number of hydrogen-bond donors (Lipinski definition) is 0. The van der Waals surface area contributed by atoms with Gasteiger partial charge in [-0.05, 0) is 25.0 Å². The predicted octanol–water partition coefficient (Wildman–Crippen LogP) is 2.44. The molecule has 1 spiro atoms. The number of anilines is 1. The van der Waals surface area contributed by atoms with E-state index in [1.165, 1.54) is 25.7 Å². The minimum absolute atomic E-state index is 0.00950. The maximum atomic E-state index is 12.7. The monoisotopic (exact) mass is 345 g/mol. The summed E-state index contributed by atoms with van der Waals surface area (Å²) in [5.74, 6) is -0.434. The van der Waals surface area contributed by atoms with Crippen molar-refractivity contribution in [1.29, 1.82) is 0 Å². The van der Waals surface area contributed by atoms with E-state index in [4.69, 9.17) is 9.47 Å². The Morgan fingerprint density at radius 2 is 1.64 bits per heavy atom. The average Bonchev–Trinajstić information content (AvgIpc) is 2.94. The van der Waals surface area contributed by atoms with Crippen LogP contribution in [0.15, 0.2) is 18.3 Å². The standard InChI is InChI=1S/C19H27N3O3/c23-18(22-11-7-19(8-12-22)24-13-14-25-19)17-6-5-16(15-20-17)21-9-3-1-2-4-10-21/h5-6,15H,1-4,7-14H2. The van der Waals surface area contributed by atoms with Crippen LogP contribution in [0.25, 0.3) is 0 Å². The van der Waals surface area contributed by atoms with Gasteiger partial charge in [0.2, 0.25) is 0 Å². The topological polar surface area (TPSA) is 54.9 Å². The number of pyridine rings is 1. The summed E-state index contributed by atoms with van der Waals surface area (Å²) >= 11 is 0. The van der Waals surface area contributed by atoms with Crippen LogP contribution in [0.2, 0.25) is 0 Å². The van der Waals surface area contributed by atoms with Crippen LogP contribution < -0.4 is 4.90 Å². The minimum Gasteiger partial charge on any atom is -0.370 e. The molecule has 0 aromatic carbocycles. The zero-order valence-corrected chi connectivity index (χ0v) is 14.8. The van der Waals surface area contributed by atoms with Crippen LogP contribution in [0.3, 0.4) is 0 Å². The lowest BCUT2D eigenvalue weighted by Gasteiger charge is -2.37. The Bertz CT molecular complexity index is 580. The van der Waals surface area contributed by atoms with Gasteiger partial charge < -0.3 is 19.3 Å². The molecule has 1 aromatic rings. The van der Waals surface area contributed by atoms with Crippen LogP contribution in [0.5, 0.6) is 0 Å². The molecule has 3 aliphatic heterocycles. The zero-order chi connectivity index (χ0) is 17.1. The van der Waals surface area contributed by atoms with Crippen molar-refractivity contribution >= 4 is 11.6 Å². The average molecular weight is 345 g/mol. The second-order valence-electron chi connectivity index (χ2n) is 7.20. The van der Waals surface area contributed by atoms with Crippen molar-refractivity contribution in [3.63, 3.8) is 0 Å². The maximum Gasteiger partial charge on any atom is 0.272 e. The molecule has 0 radical (unpaired) electrons. The van der Waals surface area contributed by atoms with Gasteiger partial charge in [0.15, 0.2) is 5.79 Å². The normalized spacial score (nSPS) is 23.7. The highest BCUT2D eigenvalue weighted by molar-refractivity contribution is 5.92. The van der Waals surface area contributed by atoms with Gasteiger partial charge >= 0.3 is 0 Å². The Morgan fingerprint density at radius 3 is 2.24 bits per heavy atom. The number of carbonyl (C=O) groups is 1.